The highest BCUT2D eigenvalue weighted by molar-refractivity contribution is 5.96. The number of amidine groups is 1. The van der Waals surface area contributed by atoms with Crippen molar-refractivity contribution in [3.05, 3.63) is 59.2 Å². The van der Waals surface area contributed by atoms with Gasteiger partial charge in [0.15, 0.2) is 6.10 Å². The second kappa shape index (κ2) is 10.5. The van der Waals surface area contributed by atoms with Crippen LogP contribution in [0.4, 0.5) is 10.5 Å². The number of benzene rings is 2. The molecule has 10 heteroatoms. The van der Waals surface area contributed by atoms with E-state index < -0.39 is 24.1 Å². The topological polar surface area (TPSA) is 141 Å². The number of nitrogens with zero attached hydrogens (tertiary/aromatic N) is 1. The van der Waals surface area contributed by atoms with Crippen molar-refractivity contribution in [1.82, 2.24) is 0 Å². The number of nitrogens with one attached hydrogen (secondary N) is 1. The van der Waals surface area contributed by atoms with Crippen LogP contribution in [-0.2, 0) is 36.6 Å². The molecule has 1 aliphatic rings. The standard InChI is InChI=1S/C23H25N3O7/c1-30-20(27)10-14-3-8-19(16(9-14)11-21(28)31-2)32-13-18-12-26(23(29)33-18)17-6-4-15(5-7-17)22(24)25/h3-9,18H,10-13H2,1-2H3,(H3,24,25). The molecule has 1 aliphatic heterocycles. The summed E-state index contributed by atoms with van der Waals surface area (Å²) in [6.45, 7) is 0.337. The number of carbonyl (C=O) groups excluding carboxylic acids is 3. The zero-order chi connectivity index (χ0) is 24.0. The van der Waals surface area contributed by atoms with Gasteiger partial charge in [0, 0.05) is 16.8 Å². The second-order valence-electron chi connectivity index (χ2n) is 7.34. The van der Waals surface area contributed by atoms with Gasteiger partial charge in [-0.1, -0.05) is 12.1 Å². The van der Waals surface area contributed by atoms with E-state index in [4.69, 9.17) is 25.4 Å². The summed E-state index contributed by atoms with van der Waals surface area (Å²) in [5.41, 5.74) is 7.85. The fourth-order valence-electron chi connectivity index (χ4n) is 3.31. The van der Waals surface area contributed by atoms with Gasteiger partial charge in [0.05, 0.1) is 33.6 Å². The van der Waals surface area contributed by atoms with Crippen LogP contribution < -0.4 is 15.4 Å². The summed E-state index contributed by atoms with van der Waals surface area (Å²) in [6.07, 6.45) is -1.03. The summed E-state index contributed by atoms with van der Waals surface area (Å²) in [4.78, 5) is 37.2. The van der Waals surface area contributed by atoms with Crippen molar-refractivity contribution in [1.29, 1.82) is 5.41 Å². The minimum atomic E-state index is -0.536. The monoisotopic (exact) mass is 455 g/mol. The fourth-order valence-corrected chi connectivity index (χ4v) is 3.31. The average molecular weight is 455 g/mol. The molecular formula is C23H25N3O7. The van der Waals surface area contributed by atoms with E-state index >= 15 is 0 Å². The Kier molecular flexibility index (Phi) is 7.50. The van der Waals surface area contributed by atoms with Crippen LogP contribution in [0.25, 0.3) is 0 Å². The van der Waals surface area contributed by atoms with Gasteiger partial charge in [-0.25, -0.2) is 4.79 Å². The Labute approximate surface area is 190 Å². The van der Waals surface area contributed by atoms with Crippen molar-refractivity contribution < 1.29 is 33.3 Å². The number of nitrogen functional groups attached to an aromatic ring is 1. The van der Waals surface area contributed by atoms with Gasteiger partial charge in [-0.2, -0.15) is 0 Å². The number of nitrogens with two attached hydrogens (primary N) is 1. The quantitative estimate of drug-likeness (QED) is 0.252. The molecule has 0 bridgehead atoms. The zero-order valence-corrected chi connectivity index (χ0v) is 18.3. The first-order valence-corrected chi connectivity index (χ1v) is 10.1. The summed E-state index contributed by atoms with van der Waals surface area (Å²) < 4.78 is 20.7. The molecule has 3 rings (SSSR count). The number of esters is 2. The first kappa shape index (κ1) is 23.6. The van der Waals surface area contributed by atoms with Crippen LogP contribution in [0.3, 0.4) is 0 Å². The van der Waals surface area contributed by atoms with Gasteiger partial charge >= 0.3 is 18.0 Å². The van der Waals surface area contributed by atoms with E-state index in [0.29, 0.717) is 28.1 Å². The molecule has 2 aromatic rings. The molecule has 0 saturated carbocycles. The molecule has 10 nitrogen and oxygen atoms in total. The Hall–Kier alpha value is -4.08. The van der Waals surface area contributed by atoms with Gasteiger partial charge in [0.1, 0.15) is 18.2 Å². The summed E-state index contributed by atoms with van der Waals surface area (Å²) in [7, 11) is 2.59. The third kappa shape index (κ3) is 6.00. The lowest BCUT2D eigenvalue weighted by molar-refractivity contribution is -0.140. The Balaban J connectivity index is 1.68. The molecule has 1 fully saturated rings. The van der Waals surface area contributed by atoms with Crippen LogP contribution in [0.1, 0.15) is 16.7 Å². The third-order valence-electron chi connectivity index (χ3n) is 5.05. The molecule has 1 heterocycles. The van der Waals surface area contributed by atoms with E-state index in [0.717, 1.165) is 0 Å². The minimum Gasteiger partial charge on any atom is -0.489 e. The minimum absolute atomic E-state index is 0.0417. The number of ether oxygens (including phenoxy) is 4. The van der Waals surface area contributed by atoms with Gasteiger partial charge in [-0.05, 0) is 35.9 Å². The van der Waals surface area contributed by atoms with Crippen molar-refractivity contribution in [3.63, 3.8) is 0 Å². The maximum atomic E-state index is 12.3. The molecule has 1 amide bonds. The number of carbonyl (C=O) groups is 3. The van der Waals surface area contributed by atoms with E-state index in [1.54, 1.807) is 42.5 Å². The van der Waals surface area contributed by atoms with Crippen molar-refractivity contribution in [2.75, 3.05) is 32.3 Å². The number of rotatable bonds is 9. The smallest absolute Gasteiger partial charge is 0.414 e. The van der Waals surface area contributed by atoms with E-state index in [1.165, 1.54) is 19.1 Å². The van der Waals surface area contributed by atoms with Crippen LogP contribution in [0.15, 0.2) is 42.5 Å². The highest BCUT2D eigenvalue weighted by atomic mass is 16.6. The van der Waals surface area contributed by atoms with Crippen molar-refractivity contribution >= 4 is 29.6 Å². The lowest BCUT2D eigenvalue weighted by Gasteiger charge is -2.15. The highest BCUT2D eigenvalue weighted by Gasteiger charge is 2.33. The number of hydrogen-bond donors (Lipinski definition) is 2. The van der Waals surface area contributed by atoms with Gasteiger partial charge in [0.2, 0.25) is 0 Å². The molecule has 0 spiro atoms. The van der Waals surface area contributed by atoms with Crippen LogP contribution in [0.2, 0.25) is 0 Å². The van der Waals surface area contributed by atoms with Crippen LogP contribution >= 0.6 is 0 Å². The number of anilines is 1. The van der Waals surface area contributed by atoms with Crippen molar-refractivity contribution in [3.8, 4) is 5.75 Å². The predicted octanol–water partition coefficient (Wildman–Crippen LogP) is 1.81. The maximum absolute atomic E-state index is 12.3. The van der Waals surface area contributed by atoms with Crippen molar-refractivity contribution in [2.24, 2.45) is 5.73 Å². The van der Waals surface area contributed by atoms with Gasteiger partial charge < -0.3 is 24.7 Å². The summed E-state index contributed by atoms with van der Waals surface area (Å²) >= 11 is 0. The van der Waals surface area contributed by atoms with E-state index in [2.05, 4.69) is 4.74 Å². The Morgan fingerprint density at radius 1 is 1.09 bits per heavy atom. The van der Waals surface area contributed by atoms with E-state index in [9.17, 15) is 14.4 Å². The predicted molar refractivity (Wildman–Crippen MR) is 118 cm³/mol. The normalized spacial score (nSPS) is 15.0. The average Bonchev–Trinajstić information content (AvgIpc) is 3.18. The fraction of sp³-hybridized carbons (Fsp3) is 0.304. The molecular weight excluding hydrogens is 430 g/mol. The van der Waals surface area contributed by atoms with Crippen molar-refractivity contribution in [2.45, 2.75) is 18.9 Å². The van der Waals surface area contributed by atoms with Gasteiger partial charge in [-0.15, -0.1) is 0 Å². The van der Waals surface area contributed by atoms with Crippen LogP contribution in [-0.4, -0.2) is 57.3 Å². The number of hydrogen-bond acceptors (Lipinski definition) is 8. The summed E-state index contributed by atoms with van der Waals surface area (Å²) in [6, 6.07) is 11.7. The molecule has 174 valence electrons. The molecule has 1 saturated heterocycles. The molecule has 1 atom stereocenters. The summed E-state index contributed by atoms with van der Waals surface area (Å²) in [5, 5.41) is 7.46. The third-order valence-corrected chi connectivity index (χ3v) is 5.05. The number of methoxy groups -OCH3 is 2. The Morgan fingerprint density at radius 3 is 2.39 bits per heavy atom. The summed E-state index contributed by atoms with van der Waals surface area (Å²) in [5.74, 6) is -0.490. The van der Waals surface area contributed by atoms with Gasteiger partial charge in [0.25, 0.3) is 0 Å². The molecule has 33 heavy (non-hydrogen) atoms. The Bertz CT molecular complexity index is 1050. The molecule has 0 aliphatic carbocycles. The Morgan fingerprint density at radius 2 is 1.76 bits per heavy atom. The van der Waals surface area contributed by atoms with E-state index in [1.807, 2.05) is 0 Å². The van der Waals surface area contributed by atoms with Crippen LogP contribution in [0.5, 0.6) is 5.75 Å². The number of cyclic esters (lactones) is 1. The lowest BCUT2D eigenvalue weighted by Crippen LogP contribution is -2.26. The first-order valence-electron chi connectivity index (χ1n) is 10.1. The second-order valence-corrected chi connectivity index (χ2v) is 7.34. The molecule has 1 unspecified atom stereocenters. The molecule has 2 aromatic carbocycles. The molecule has 3 N–H and O–H groups in total. The lowest BCUT2D eigenvalue weighted by atomic mass is 10.0. The highest BCUT2D eigenvalue weighted by Crippen LogP contribution is 2.25. The zero-order valence-electron chi connectivity index (χ0n) is 18.3. The van der Waals surface area contributed by atoms with E-state index in [-0.39, 0.29) is 31.8 Å². The van der Waals surface area contributed by atoms with Crippen LogP contribution in [0, 0.1) is 5.41 Å². The maximum Gasteiger partial charge on any atom is 0.414 e. The SMILES string of the molecule is COC(=O)Cc1ccc(OCC2CN(c3ccc(C(=N)N)cc3)C(=O)O2)c(CC(=O)OC)c1. The first-order chi connectivity index (χ1) is 15.8. The molecule has 0 aromatic heterocycles. The van der Waals surface area contributed by atoms with Gasteiger partial charge in [-0.3, -0.25) is 19.9 Å². The molecule has 0 radical (unpaired) electrons. The largest absolute Gasteiger partial charge is 0.489 e. The number of amides is 1.